The van der Waals surface area contributed by atoms with Gasteiger partial charge in [-0.3, -0.25) is 4.90 Å². The topological polar surface area (TPSA) is 19.4 Å². The average molecular weight is 569 g/mol. The molecule has 0 aliphatic rings. The fraction of sp³-hybridized carbons (Fsp3) is 0. The zero-order valence-corrected chi connectivity index (χ0v) is 22.8. The van der Waals surface area contributed by atoms with Crippen molar-refractivity contribution in [3.8, 4) is 11.1 Å². The Labute approximate surface area is 237 Å². The predicted molar refractivity (Wildman–Crippen MR) is 167 cm³/mol. The number of aromatic nitrogens is 1. The fourth-order valence-corrected chi connectivity index (χ4v) is 5.23. The maximum Gasteiger partial charge on any atom is 0.137 e. The number of nitrogens with zero attached hydrogens (tertiary/aromatic N) is 3. The third-order valence-corrected chi connectivity index (χ3v) is 6.98. The van der Waals surface area contributed by atoms with E-state index in [9.17, 15) is 0 Å². The number of hydrogen-bond donors (Lipinski definition) is 0. The van der Waals surface area contributed by atoms with Gasteiger partial charge < -0.3 is 4.90 Å². The zero-order valence-electron chi connectivity index (χ0n) is 21.2. The first-order valence-corrected chi connectivity index (χ1v) is 13.6. The van der Waals surface area contributed by atoms with E-state index in [0.29, 0.717) is 0 Å². The van der Waals surface area contributed by atoms with Crippen LogP contribution in [0, 0.1) is 0 Å². The molecule has 0 aliphatic carbocycles. The van der Waals surface area contributed by atoms with Gasteiger partial charge in [0.05, 0.1) is 0 Å². The van der Waals surface area contributed by atoms with Gasteiger partial charge in [-0.15, -0.1) is 0 Å². The van der Waals surface area contributed by atoms with Gasteiger partial charge in [0, 0.05) is 39.1 Å². The molecule has 6 rings (SSSR count). The second-order valence-corrected chi connectivity index (χ2v) is 10.0. The highest BCUT2D eigenvalue weighted by Crippen LogP contribution is 2.39. The molecule has 0 atom stereocenters. The smallest absolute Gasteiger partial charge is 0.137 e. The minimum atomic E-state index is 0.865. The van der Waals surface area contributed by atoms with Crippen LogP contribution in [-0.4, -0.2) is 4.98 Å². The summed E-state index contributed by atoms with van der Waals surface area (Å²) in [6.45, 7) is 0. The molecule has 3 nitrogen and oxygen atoms in total. The number of pyridine rings is 1. The van der Waals surface area contributed by atoms with Crippen LogP contribution in [-0.2, 0) is 0 Å². The van der Waals surface area contributed by atoms with Gasteiger partial charge in [-0.2, -0.15) is 0 Å². The quantitative estimate of drug-likeness (QED) is 0.191. The summed E-state index contributed by atoms with van der Waals surface area (Å²) in [4.78, 5) is 9.11. The predicted octanol–water partition coefficient (Wildman–Crippen LogP) is 10.5. The van der Waals surface area contributed by atoms with Gasteiger partial charge >= 0.3 is 0 Å². The first-order valence-electron chi connectivity index (χ1n) is 12.8. The van der Waals surface area contributed by atoms with Crippen molar-refractivity contribution in [2.45, 2.75) is 0 Å². The van der Waals surface area contributed by atoms with Crippen molar-refractivity contribution >= 4 is 50.2 Å². The molecule has 1 aromatic heterocycles. The molecule has 0 N–H and O–H groups in total. The Hall–Kier alpha value is -4.67. The Morgan fingerprint density at radius 1 is 0.410 bits per heavy atom. The fourth-order valence-electron chi connectivity index (χ4n) is 4.75. The molecule has 0 radical (unpaired) electrons. The van der Waals surface area contributed by atoms with Crippen LogP contribution in [0.3, 0.4) is 0 Å². The van der Waals surface area contributed by atoms with Crippen molar-refractivity contribution in [3.63, 3.8) is 0 Å². The largest absolute Gasteiger partial charge is 0.311 e. The molecular formula is C35H26BrN3. The van der Waals surface area contributed by atoms with Gasteiger partial charge in [0.2, 0.25) is 0 Å². The van der Waals surface area contributed by atoms with E-state index in [1.807, 2.05) is 54.7 Å². The van der Waals surface area contributed by atoms with Crippen molar-refractivity contribution < 1.29 is 0 Å². The van der Waals surface area contributed by atoms with Crippen LogP contribution < -0.4 is 9.80 Å². The van der Waals surface area contributed by atoms with E-state index in [1.54, 1.807) is 0 Å². The summed E-state index contributed by atoms with van der Waals surface area (Å²) >= 11 is 3.77. The van der Waals surface area contributed by atoms with E-state index < -0.39 is 0 Å². The number of rotatable bonds is 7. The Morgan fingerprint density at radius 3 is 1.46 bits per heavy atom. The normalized spacial score (nSPS) is 10.7. The molecule has 0 bridgehead atoms. The van der Waals surface area contributed by atoms with Crippen LogP contribution in [0.1, 0.15) is 0 Å². The van der Waals surface area contributed by atoms with E-state index in [0.717, 1.165) is 49.9 Å². The molecule has 0 spiro atoms. The second kappa shape index (κ2) is 11.4. The molecule has 0 fully saturated rings. The van der Waals surface area contributed by atoms with Crippen LogP contribution in [0.4, 0.5) is 34.3 Å². The average Bonchev–Trinajstić information content (AvgIpc) is 3.00. The number of anilines is 6. The molecule has 1 heterocycles. The summed E-state index contributed by atoms with van der Waals surface area (Å²) in [5.41, 5.74) is 7.68. The summed E-state index contributed by atoms with van der Waals surface area (Å²) in [7, 11) is 0. The Bertz CT molecular complexity index is 1560. The molecule has 0 saturated heterocycles. The summed E-state index contributed by atoms with van der Waals surface area (Å²) in [6, 6.07) is 52.5. The van der Waals surface area contributed by atoms with Crippen molar-refractivity contribution in [2.75, 3.05) is 9.80 Å². The molecule has 0 aliphatic heterocycles. The van der Waals surface area contributed by atoms with Gasteiger partial charge in [0.1, 0.15) is 5.82 Å². The molecule has 6 aromatic rings. The summed E-state index contributed by atoms with van der Waals surface area (Å²) < 4.78 is 1.01. The van der Waals surface area contributed by atoms with Crippen LogP contribution in [0.2, 0.25) is 0 Å². The Balaban J connectivity index is 1.40. The molecule has 4 heteroatoms. The van der Waals surface area contributed by atoms with E-state index in [4.69, 9.17) is 0 Å². The summed E-state index contributed by atoms with van der Waals surface area (Å²) in [5, 5.41) is 0. The van der Waals surface area contributed by atoms with Crippen molar-refractivity contribution in [2.24, 2.45) is 0 Å². The first kappa shape index (κ1) is 24.7. The van der Waals surface area contributed by atoms with E-state index in [-0.39, 0.29) is 0 Å². The lowest BCUT2D eigenvalue weighted by molar-refractivity contribution is 1.18. The minimum Gasteiger partial charge on any atom is -0.311 e. The maximum atomic E-state index is 4.66. The van der Waals surface area contributed by atoms with E-state index in [1.165, 1.54) is 0 Å². The number of para-hydroxylation sites is 3. The molecule has 0 saturated carbocycles. The van der Waals surface area contributed by atoms with Crippen LogP contribution in [0.5, 0.6) is 0 Å². The van der Waals surface area contributed by atoms with Crippen molar-refractivity contribution in [3.05, 3.63) is 162 Å². The molecular weight excluding hydrogens is 542 g/mol. The van der Waals surface area contributed by atoms with Gasteiger partial charge in [0.15, 0.2) is 0 Å². The third kappa shape index (κ3) is 5.47. The molecule has 0 unspecified atom stereocenters. The highest BCUT2D eigenvalue weighted by Gasteiger charge is 2.16. The SMILES string of the molecule is Brc1cc(-c2ccc(N(c3ccccc3)c3ccccc3)cc2)cc(N(c2ccccc2)c2ccccn2)c1. The van der Waals surface area contributed by atoms with E-state index in [2.05, 4.69) is 134 Å². The first-order chi connectivity index (χ1) is 19.3. The van der Waals surface area contributed by atoms with Gasteiger partial charge in [-0.05, 0) is 90.0 Å². The van der Waals surface area contributed by atoms with Crippen molar-refractivity contribution in [1.29, 1.82) is 0 Å². The monoisotopic (exact) mass is 567 g/mol. The van der Waals surface area contributed by atoms with E-state index >= 15 is 0 Å². The van der Waals surface area contributed by atoms with Gasteiger partial charge in [0.25, 0.3) is 0 Å². The number of benzene rings is 5. The zero-order chi connectivity index (χ0) is 26.4. The Kier molecular flexibility index (Phi) is 7.19. The third-order valence-electron chi connectivity index (χ3n) is 6.52. The highest BCUT2D eigenvalue weighted by molar-refractivity contribution is 9.10. The second-order valence-electron chi connectivity index (χ2n) is 9.11. The van der Waals surface area contributed by atoms with Gasteiger partial charge in [-0.25, -0.2) is 4.98 Å². The highest BCUT2D eigenvalue weighted by atomic mass is 79.9. The molecule has 188 valence electrons. The summed E-state index contributed by atoms with van der Waals surface area (Å²) in [6.07, 6.45) is 1.83. The summed E-state index contributed by atoms with van der Waals surface area (Å²) in [5.74, 6) is 0.865. The molecule has 39 heavy (non-hydrogen) atoms. The minimum absolute atomic E-state index is 0.865. The van der Waals surface area contributed by atoms with Gasteiger partial charge in [-0.1, -0.05) is 88.7 Å². The standard InChI is InChI=1S/C35H26BrN3/c36-29-24-28(25-34(26-29)39(32-16-8-3-9-17-32)35-18-10-11-23-37-35)27-19-21-33(22-20-27)38(30-12-4-1-5-13-30)31-14-6-2-7-15-31/h1-26H. The van der Waals surface area contributed by atoms with Crippen LogP contribution >= 0.6 is 15.9 Å². The van der Waals surface area contributed by atoms with Crippen LogP contribution in [0.15, 0.2) is 162 Å². The van der Waals surface area contributed by atoms with Crippen LogP contribution in [0.25, 0.3) is 11.1 Å². The maximum absolute atomic E-state index is 4.66. The number of hydrogen-bond acceptors (Lipinski definition) is 3. The van der Waals surface area contributed by atoms with Crippen molar-refractivity contribution in [1.82, 2.24) is 4.98 Å². The lowest BCUT2D eigenvalue weighted by Gasteiger charge is -2.26. The molecule has 5 aromatic carbocycles. The lowest BCUT2D eigenvalue weighted by Crippen LogP contribution is -2.11. The number of halogens is 1. The Morgan fingerprint density at radius 2 is 0.923 bits per heavy atom. The molecule has 0 amide bonds. The lowest BCUT2D eigenvalue weighted by atomic mass is 10.0.